The molecule has 2 nitrogen and oxygen atoms in total. The van der Waals surface area contributed by atoms with Crippen molar-refractivity contribution in [3.8, 4) is 0 Å². The lowest BCUT2D eigenvalue weighted by atomic mass is 9.97. The summed E-state index contributed by atoms with van der Waals surface area (Å²) in [7, 11) is 0. The summed E-state index contributed by atoms with van der Waals surface area (Å²) in [5, 5.41) is 6.93. The predicted molar refractivity (Wildman–Crippen MR) is 53.7 cm³/mol. The van der Waals surface area contributed by atoms with Gasteiger partial charge in [0, 0.05) is 13.1 Å². The van der Waals surface area contributed by atoms with Crippen molar-refractivity contribution >= 4 is 17.3 Å². The summed E-state index contributed by atoms with van der Waals surface area (Å²) in [5.41, 5.74) is 0.291. The third kappa shape index (κ3) is 7.59. The van der Waals surface area contributed by atoms with Gasteiger partial charge >= 0.3 is 0 Å². The van der Waals surface area contributed by atoms with Crippen LogP contribution in [-0.4, -0.2) is 18.2 Å². The highest BCUT2D eigenvalue weighted by Crippen LogP contribution is 2.09. The van der Waals surface area contributed by atoms with Gasteiger partial charge in [-0.2, -0.15) is 0 Å². The maximum absolute atomic E-state index is 5.00. The molecule has 0 unspecified atom stereocenters. The molecule has 0 aromatic carbocycles. The van der Waals surface area contributed by atoms with Gasteiger partial charge in [-0.25, -0.2) is 0 Å². The minimum absolute atomic E-state index is 0.291. The van der Waals surface area contributed by atoms with Gasteiger partial charge in [-0.15, -0.1) is 0 Å². The Kier molecular flexibility index (Phi) is 4.42. The van der Waals surface area contributed by atoms with Crippen molar-refractivity contribution in [1.29, 1.82) is 0 Å². The van der Waals surface area contributed by atoms with Crippen molar-refractivity contribution in [2.45, 2.75) is 27.7 Å². The van der Waals surface area contributed by atoms with Crippen molar-refractivity contribution in [2.75, 3.05) is 13.1 Å². The van der Waals surface area contributed by atoms with Gasteiger partial charge in [0.15, 0.2) is 5.11 Å². The molecule has 66 valence electrons. The first-order chi connectivity index (χ1) is 4.95. The highest BCUT2D eigenvalue weighted by molar-refractivity contribution is 7.80. The molecular weight excluding hydrogens is 156 g/mol. The molecule has 0 fully saturated rings. The van der Waals surface area contributed by atoms with E-state index in [1.165, 1.54) is 0 Å². The fourth-order valence-corrected chi connectivity index (χ4v) is 0.785. The highest BCUT2D eigenvalue weighted by Gasteiger charge is 2.09. The molecule has 2 N–H and O–H groups in total. The van der Waals surface area contributed by atoms with E-state index in [1.54, 1.807) is 0 Å². The second-order valence-corrected chi connectivity index (χ2v) is 4.18. The molecule has 0 heterocycles. The SMILES string of the molecule is CCNC(=S)NCC(C)(C)C. The van der Waals surface area contributed by atoms with Crippen LogP contribution in [0.2, 0.25) is 0 Å². The van der Waals surface area contributed by atoms with Gasteiger partial charge in [0.1, 0.15) is 0 Å². The van der Waals surface area contributed by atoms with Crippen molar-refractivity contribution < 1.29 is 0 Å². The van der Waals surface area contributed by atoms with Gasteiger partial charge < -0.3 is 10.6 Å². The van der Waals surface area contributed by atoms with Crippen LogP contribution in [0.3, 0.4) is 0 Å². The zero-order valence-electron chi connectivity index (χ0n) is 7.82. The van der Waals surface area contributed by atoms with Gasteiger partial charge in [0.05, 0.1) is 0 Å². The Bertz CT molecular complexity index is 127. The Labute approximate surface area is 74.8 Å². The van der Waals surface area contributed by atoms with Crippen LogP contribution in [-0.2, 0) is 0 Å². The van der Waals surface area contributed by atoms with E-state index in [0.29, 0.717) is 5.41 Å². The molecule has 11 heavy (non-hydrogen) atoms. The topological polar surface area (TPSA) is 24.1 Å². The van der Waals surface area contributed by atoms with E-state index in [9.17, 15) is 0 Å². The minimum Gasteiger partial charge on any atom is -0.363 e. The van der Waals surface area contributed by atoms with Crippen LogP contribution in [0.4, 0.5) is 0 Å². The Morgan fingerprint density at radius 1 is 1.27 bits per heavy atom. The maximum Gasteiger partial charge on any atom is 0.166 e. The first-order valence-corrected chi connectivity index (χ1v) is 4.38. The molecule has 0 aliphatic carbocycles. The maximum atomic E-state index is 5.00. The average Bonchev–Trinajstić information content (AvgIpc) is 1.83. The molecule has 0 bridgehead atoms. The summed E-state index contributed by atoms with van der Waals surface area (Å²) in [6, 6.07) is 0. The molecule has 0 radical (unpaired) electrons. The zero-order chi connectivity index (χ0) is 8.91. The van der Waals surface area contributed by atoms with E-state index in [2.05, 4.69) is 31.4 Å². The second-order valence-electron chi connectivity index (χ2n) is 3.77. The zero-order valence-corrected chi connectivity index (χ0v) is 8.64. The largest absolute Gasteiger partial charge is 0.363 e. The van der Waals surface area contributed by atoms with E-state index in [-0.39, 0.29) is 0 Å². The number of hydrogen-bond donors (Lipinski definition) is 2. The van der Waals surface area contributed by atoms with Gasteiger partial charge in [0.25, 0.3) is 0 Å². The fourth-order valence-electron chi connectivity index (χ4n) is 0.569. The normalized spacial score (nSPS) is 10.9. The summed E-state index contributed by atoms with van der Waals surface area (Å²) in [6.45, 7) is 10.4. The van der Waals surface area contributed by atoms with Crippen LogP contribution >= 0.6 is 12.2 Å². The third-order valence-electron chi connectivity index (χ3n) is 1.12. The molecular formula is C8H18N2S. The molecule has 0 aromatic heterocycles. The van der Waals surface area contributed by atoms with E-state index in [1.807, 2.05) is 6.92 Å². The standard InChI is InChI=1S/C8H18N2S/c1-5-9-7(11)10-6-8(2,3)4/h5-6H2,1-4H3,(H2,9,10,11). The smallest absolute Gasteiger partial charge is 0.166 e. The monoisotopic (exact) mass is 174 g/mol. The van der Waals surface area contributed by atoms with Crippen molar-refractivity contribution in [3.63, 3.8) is 0 Å². The molecule has 0 aromatic rings. The first-order valence-electron chi connectivity index (χ1n) is 3.97. The predicted octanol–water partition coefficient (Wildman–Crippen LogP) is 1.52. The lowest BCUT2D eigenvalue weighted by Gasteiger charge is -2.19. The van der Waals surface area contributed by atoms with Gasteiger partial charge in [-0.3, -0.25) is 0 Å². The Hall–Kier alpha value is -0.310. The molecule has 3 heteroatoms. The van der Waals surface area contributed by atoms with Crippen LogP contribution in [0.25, 0.3) is 0 Å². The molecule has 0 saturated heterocycles. The summed E-state index contributed by atoms with van der Waals surface area (Å²) in [6.07, 6.45) is 0. The van der Waals surface area contributed by atoms with Gasteiger partial charge in [0.2, 0.25) is 0 Å². The quantitative estimate of drug-likeness (QED) is 0.621. The molecule has 0 aliphatic heterocycles. The van der Waals surface area contributed by atoms with Crippen LogP contribution in [0.15, 0.2) is 0 Å². The van der Waals surface area contributed by atoms with Crippen LogP contribution < -0.4 is 10.6 Å². The van der Waals surface area contributed by atoms with E-state index >= 15 is 0 Å². The van der Waals surface area contributed by atoms with Crippen molar-refractivity contribution in [3.05, 3.63) is 0 Å². The Balaban J connectivity index is 3.46. The third-order valence-corrected chi connectivity index (χ3v) is 1.41. The highest BCUT2D eigenvalue weighted by atomic mass is 32.1. The minimum atomic E-state index is 0.291. The molecule has 0 saturated carbocycles. The van der Waals surface area contributed by atoms with Gasteiger partial charge in [-0.1, -0.05) is 20.8 Å². The van der Waals surface area contributed by atoms with E-state index in [4.69, 9.17) is 12.2 Å². The molecule has 0 spiro atoms. The first kappa shape index (κ1) is 10.7. The van der Waals surface area contributed by atoms with Crippen molar-refractivity contribution in [2.24, 2.45) is 5.41 Å². The van der Waals surface area contributed by atoms with Crippen LogP contribution in [0.5, 0.6) is 0 Å². The summed E-state index contributed by atoms with van der Waals surface area (Å²) in [5.74, 6) is 0. The number of rotatable bonds is 2. The molecule has 0 rings (SSSR count). The van der Waals surface area contributed by atoms with Crippen LogP contribution in [0, 0.1) is 5.41 Å². The second kappa shape index (κ2) is 4.54. The summed E-state index contributed by atoms with van der Waals surface area (Å²) in [4.78, 5) is 0. The van der Waals surface area contributed by atoms with Crippen molar-refractivity contribution in [1.82, 2.24) is 10.6 Å². The molecule has 0 atom stereocenters. The van der Waals surface area contributed by atoms with Gasteiger partial charge in [-0.05, 0) is 24.6 Å². The van der Waals surface area contributed by atoms with E-state index < -0.39 is 0 Å². The molecule has 0 amide bonds. The Morgan fingerprint density at radius 3 is 2.18 bits per heavy atom. The Morgan fingerprint density at radius 2 is 1.82 bits per heavy atom. The molecule has 0 aliphatic rings. The van der Waals surface area contributed by atoms with E-state index in [0.717, 1.165) is 18.2 Å². The number of thiocarbonyl (C=S) groups is 1. The summed E-state index contributed by atoms with van der Waals surface area (Å²) < 4.78 is 0. The fraction of sp³-hybridized carbons (Fsp3) is 0.875. The number of nitrogens with one attached hydrogen (secondary N) is 2. The average molecular weight is 174 g/mol. The lowest BCUT2D eigenvalue weighted by Crippen LogP contribution is -2.39. The van der Waals surface area contributed by atoms with Crippen LogP contribution in [0.1, 0.15) is 27.7 Å². The lowest BCUT2D eigenvalue weighted by molar-refractivity contribution is 0.408. The summed E-state index contributed by atoms with van der Waals surface area (Å²) >= 11 is 5.00. The number of hydrogen-bond acceptors (Lipinski definition) is 1.